The molecule has 1 amide bonds. The van der Waals surface area contributed by atoms with Crippen LogP contribution in [0, 0.1) is 0 Å². The van der Waals surface area contributed by atoms with Crippen LogP contribution >= 0.6 is 23.1 Å². The summed E-state index contributed by atoms with van der Waals surface area (Å²) < 4.78 is 31.7. The average Bonchev–Trinajstić information content (AvgIpc) is 2.98. The zero-order chi connectivity index (χ0) is 19.3. The Morgan fingerprint density at radius 3 is 2.69 bits per heavy atom. The Morgan fingerprint density at radius 2 is 2.12 bits per heavy atom. The number of rotatable bonds is 8. The summed E-state index contributed by atoms with van der Waals surface area (Å²) in [6, 6.07) is 6.61. The molecule has 8 nitrogen and oxygen atoms in total. The predicted octanol–water partition coefficient (Wildman–Crippen LogP) is 2.45. The number of anilines is 2. The van der Waals surface area contributed by atoms with E-state index in [1.54, 1.807) is 24.3 Å². The fraction of sp³-hybridized carbons (Fsp3) is 0.400. The predicted molar refractivity (Wildman–Crippen MR) is 105 cm³/mol. The van der Waals surface area contributed by atoms with Gasteiger partial charge in [-0.25, -0.2) is 8.42 Å². The maximum Gasteiger partial charge on any atom is 0.246 e. The highest BCUT2D eigenvalue weighted by Crippen LogP contribution is 2.25. The second kappa shape index (κ2) is 8.69. The third-order valence-corrected chi connectivity index (χ3v) is 5.95. The molecule has 0 aliphatic rings. The first-order valence-corrected chi connectivity index (χ1v) is 11.5. The minimum absolute atomic E-state index is 0.0525. The van der Waals surface area contributed by atoms with Crippen LogP contribution in [0.15, 0.2) is 28.6 Å². The molecule has 1 aromatic carbocycles. The Balaban J connectivity index is 2.18. The van der Waals surface area contributed by atoms with E-state index in [9.17, 15) is 13.2 Å². The molecule has 0 bridgehead atoms. The topological polar surface area (TPSA) is 101 Å². The zero-order valence-electron chi connectivity index (χ0n) is 14.8. The summed E-state index contributed by atoms with van der Waals surface area (Å²) >= 11 is 2.63. The second-order valence-corrected chi connectivity index (χ2v) is 9.50. The van der Waals surface area contributed by atoms with E-state index < -0.39 is 15.9 Å². The van der Waals surface area contributed by atoms with Crippen molar-refractivity contribution >= 4 is 49.8 Å². The molecule has 0 saturated heterocycles. The fourth-order valence-electron chi connectivity index (χ4n) is 2.02. The first kappa shape index (κ1) is 20.5. The van der Waals surface area contributed by atoms with Gasteiger partial charge in [0.15, 0.2) is 4.34 Å². The lowest BCUT2D eigenvalue weighted by Gasteiger charge is -2.22. The van der Waals surface area contributed by atoms with Crippen LogP contribution in [0.2, 0.25) is 0 Å². The summed E-state index contributed by atoms with van der Waals surface area (Å²) in [5.41, 5.74) is 0.350. The molecule has 2 aromatic rings. The Labute approximate surface area is 161 Å². The van der Waals surface area contributed by atoms with Crippen LogP contribution in [-0.4, -0.2) is 49.7 Å². The normalized spacial score (nSPS) is 11.4. The van der Waals surface area contributed by atoms with E-state index in [4.69, 9.17) is 4.74 Å². The van der Waals surface area contributed by atoms with Crippen molar-refractivity contribution in [2.45, 2.75) is 24.3 Å². The summed E-state index contributed by atoms with van der Waals surface area (Å²) in [4.78, 5) is 12.3. The highest BCUT2D eigenvalue weighted by Gasteiger charge is 2.22. The molecule has 0 aliphatic carbocycles. The molecule has 0 aliphatic heterocycles. The van der Waals surface area contributed by atoms with Gasteiger partial charge in [-0.2, -0.15) is 0 Å². The minimum Gasteiger partial charge on any atom is -0.491 e. The van der Waals surface area contributed by atoms with Crippen molar-refractivity contribution in [2.75, 3.05) is 28.7 Å². The molecule has 1 heterocycles. The van der Waals surface area contributed by atoms with Gasteiger partial charge in [0.25, 0.3) is 0 Å². The van der Waals surface area contributed by atoms with Gasteiger partial charge in [-0.1, -0.05) is 29.2 Å². The maximum absolute atomic E-state index is 12.3. The minimum atomic E-state index is -3.67. The van der Waals surface area contributed by atoms with Crippen molar-refractivity contribution < 1.29 is 17.9 Å². The number of carbonyl (C=O) groups is 1. The molecule has 0 saturated carbocycles. The number of aromatic nitrogens is 2. The van der Waals surface area contributed by atoms with Gasteiger partial charge in [-0.3, -0.25) is 14.4 Å². The van der Waals surface area contributed by atoms with Crippen molar-refractivity contribution in [3.8, 4) is 5.75 Å². The first-order chi connectivity index (χ1) is 12.2. The van der Waals surface area contributed by atoms with Crippen LogP contribution in [0.4, 0.5) is 10.8 Å². The summed E-state index contributed by atoms with van der Waals surface area (Å²) in [7, 11) is -3.67. The molecule has 11 heteroatoms. The number of benzene rings is 1. The number of hydrogen-bond donors (Lipinski definition) is 1. The molecule has 0 radical (unpaired) electrons. The molecular weight excluding hydrogens is 396 g/mol. The van der Waals surface area contributed by atoms with Gasteiger partial charge >= 0.3 is 0 Å². The highest BCUT2D eigenvalue weighted by atomic mass is 32.2. The standard InChI is InChI=1S/C15H20N4O4S3/c1-10(2)23-12-7-5-6-11(8-12)19(26(4,21)22)9-13(20)16-14-17-18-15(24-3)25-14/h5-8,10H,9H2,1-4H3,(H,16,17,20). The largest absolute Gasteiger partial charge is 0.491 e. The SMILES string of the molecule is CSc1nnc(NC(=O)CN(c2cccc(OC(C)C)c2)S(C)(=O)=O)s1. The highest BCUT2D eigenvalue weighted by molar-refractivity contribution is 8.00. The Morgan fingerprint density at radius 1 is 1.38 bits per heavy atom. The van der Waals surface area contributed by atoms with Gasteiger partial charge in [-0.15, -0.1) is 10.2 Å². The van der Waals surface area contributed by atoms with Crippen LogP contribution in [0.25, 0.3) is 0 Å². The summed E-state index contributed by atoms with van der Waals surface area (Å²) in [6.45, 7) is 3.37. The fourth-order valence-corrected chi connectivity index (χ4v) is 4.05. The monoisotopic (exact) mass is 416 g/mol. The smallest absolute Gasteiger partial charge is 0.246 e. The van der Waals surface area contributed by atoms with Crippen LogP contribution < -0.4 is 14.4 Å². The van der Waals surface area contributed by atoms with Crippen molar-refractivity contribution in [1.82, 2.24) is 10.2 Å². The van der Waals surface area contributed by atoms with Crippen LogP contribution in [0.5, 0.6) is 5.75 Å². The van der Waals surface area contributed by atoms with Gasteiger partial charge in [0.2, 0.25) is 21.1 Å². The van der Waals surface area contributed by atoms with E-state index in [0.717, 1.165) is 10.6 Å². The molecule has 26 heavy (non-hydrogen) atoms. The second-order valence-electron chi connectivity index (χ2n) is 5.56. The Kier molecular flexibility index (Phi) is 6.84. The van der Waals surface area contributed by atoms with Crippen LogP contribution in [0.1, 0.15) is 13.8 Å². The van der Waals surface area contributed by atoms with E-state index in [1.165, 1.54) is 23.1 Å². The first-order valence-electron chi connectivity index (χ1n) is 7.61. The molecule has 0 atom stereocenters. The molecule has 0 unspecified atom stereocenters. The lowest BCUT2D eigenvalue weighted by Crippen LogP contribution is -2.37. The van der Waals surface area contributed by atoms with Crippen LogP contribution in [-0.2, 0) is 14.8 Å². The quantitative estimate of drug-likeness (QED) is 0.521. The van der Waals surface area contributed by atoms with Crippen molar-refractivity contribution in [1.29, 1.82) is 0 Å². The number of sulfonamides is 1. The Hall–Kier alpha value is -1.85. The summed E-state index contributed by atoms with van der Waals surface area (Å²) in [5.74, 6) is 0.0229. The number of hydrogen-bond acceptors (Lipinski definition) is 8. The number of ether oxygens (including phenoxy) is 1. The van der Waals surface area contributed by atoms with Gasteiger partial charge in [0.1, 0.15) is 12.3 Å². The molecular formula is C15H20N4O4S3. The molecule has 1 aromatic heterocycles. The average molecular weight is 417 g/mol. The third kappa shape index (κ3) is 5.85. The zero-order valence-corrected chi connectivity index (χ0v) is 17.2. The van der Waals surface area contributed by atoms with Crippen molar-refractivity contribution in [3.63, 3.8) is 0 Å². The number of amides is 1. The lowest BCUT2D eigenvalue weighted by atomic mass is 10.3. The third-order valence-electron chi connectivity index (χ3n) is 2.99. The molecule has 0 fully saturated rings. The van der Waals surface area contributed by atoms with Gasteiger partial charge in [-0.05, 0) is 32.2 Å². The van der Waals surface area contributed by atoms with E-state index in [-0.39, 0.29) is 12.6 Å². The van der Waals surface area contributed by atoms with E-state index in [2.05, 4.69) is 15.5 Å². The molecule has 1 N–H and O–H groups in total. The van der Waals surface area contributed by atoms with E-state index in [1.807, 2.05) is 20.1 Å². The number of carbonyl (C=O) groups excluding carboxylic acids is 1. The Bertz CT molecular complexity index is 867. The summed E-state index contributed by atoms with van der Waals surface area (Å²) in [6.07, 6.45) is 2.85. The molecule has 2 rings (SSSR count). The number of thioether (sulfide) groups is 1. The van der Waals surface area contributed by atoms with Gasteiger partial charge in [0, 0.05) is 6.07 Å². The molecule has 142 valence electrons. The van der Waals surface area contributed by atoms with E-state index >= 15 is 0 Å². The van der Waals surface area contributed by atoms with Crippen molar-refractivity contribution in [2.24, 2.45) is 0 Å². The van der Waals surface area contributed by atoms with Crippen molar-refractivity contribution in [3.05, 3.63) is 24.3 Å². The van der Waals surface area contributed by atoms with Gasteiger partial charge in [0.05, 0.1) is 18.0 Å². The number of nitrogens with one attached hydrogen (secondary N) is 1. The van der Waals surface area contributed by atoms with Crippen LogP contribution in [0.3, 0.4) is 0 Å². The van der Waals surface area contributed by atoms with Gasteiger partial charge < -0.3 is 4.74 Å². The summed E-state index contributed by atoms with van der Waals surface area (Å²) in [5, 5.41) is 10.6. The maximum atomic E-state index is 12.3. The number of nitrogens with zero attached hydrogens (tertiary/aromatic N) is 3. The van der Waals surface area contributed by atoms with E-state index in [0.29, 0.717) is 20.9 Å². The molecule has 0 spiro atoms. The lowest BCUT2D eigenvalue weighted by molar-refractivity contribution is -0.114.